The number of hydrogen-bond acceptors (Lipinski definition) is 3. The standard InChI is InChI=1S/C16H32N2O/c1-3-17-16-8-4-7-15(16)9-11-18-10-5-6-14(12-18)13-19-2/h14-17H,3-13H2,1-2H3. The molecule has 1 saturated heterocycles. The Kier molecular flexibility index (Phi) is 6.62. The van der Waals surface area contributed by atoms with Crippen molar-refractivity contribution in [3.63, 3.8) is 0 Å². The number of methoxy groups -OCH3 is 1. The zero-order chi connectivity index (χ0) is 13.5. The minimum atomic E-state index is 0.770. The molecule has 2 rings (SSSR count). The predicted molar refractivity (Wildman–Crippen MR) is 80.5 cm³/mol. The summed E-state index contributed by atoms with van der Waals surface area (Å²) in [6.07, 6.45) is 8.35. The second-order valence-corrected chi connectivity index (χ2v) is 6.41. The van der Waals surface area contributed by atoms with E-state index in [0.29, 0.717) is 0 Å². The molecule has 3 nitrogen and oxygen atoms in total. The predicted octanol–water partition coefficient (Wildman–Crippen LogP) is 2.51. The quantitative estimate of drug-likeness (QED) is 0.768. The van der Waals surface area contributed by atoms with Crippen LogP contribution in [0.5, 0.6) is 0 Å². The second-order valence-electron chi connectivity index (χ2n) is 6.41. The molecule has 0 spiro atoms. The van der Waals surface area contributed by atoms with Crippen molar-refractivity contribution in [1.82, 2.24) is 10.2 Å². The summed E-state index contributed by atoms with van der Waals surface area (Å²) in [6.45, 7) is 8.16. The fourth-order valence-electron chi connectivity index (χ4n) is 3.99. The van der Waals surface area contributed by atoms with E-state index in [-0.39, 0.29) is 0 Å². The lowest BCUT2D eigenvalue weighted by Crippen LogP contribution is -2.39. The van der Waals surface area contributed by atoms with Gasteiger partial charge in [-0.3, -0.25) is 0 Å². The van der Waals surface area contributed by atoms with Crippen LogP contribution in [0.3, 0.4) is 0 Å². The molecule has 3 atom stereocenters. The Morgan fingerprint density at radius 1 is 1.21 bits per heavy atom. The van der Waals surface area contributed by atoms with Crippen LogP contribution in [0.4, 0.5) is 0 Å². The highest BCUT2D eigenvalue weighted by Gasteiger charge is 2.27. The van der Waals surface area contributed by atoms with E-state index in [0.717, 1.165) is 31.0 Å². The lowest BCUT2D eigenvalue weighted by molar-refractivity contribution is 0.0871. The van der Waals surface area contributed by atoms with Crippen LogP contribution in [0.2, 0.25) is 0 Å². The van der Waals surface area contributed by atoms with Crippen molar-refractivity contribution in [1.29, 1.82) is 0 Å². The fraction of sp³-hybridized carbons (Fsp3) is 1.00. The van der Waals surface area contributed by atoms with Gasteiger partial charge in [-0.25, -0.2) is 0 Å². The molecular weight excluding hydrogens is 236 g/mol. The maximum absolute atomic E-state index is 5.32. The fourth-order valence-corrected chi connectivity index (χ4v) is 3.99. The smallest absolute Gasteiger partial charge is 0.0502 e. The van der Waals surface area contributed by atoms with Gasteiger partial charge in [-0.05, 0) is 63.6 Å². The van der Waals surface area contributed by atoms with Gasteiger partial charge in [0.05, 0.1) is 6.61 Å². The van der Waals surface area contributed by atoms with Gasteiger partial charge in [0.25, 0.3) is 0 Å². The number of nitrogens with one attached hydrogen (secondary N) is 1. The van der Waals surface area contributed by atoms with E-state index in [2.05, 4.69) is 17.1 Å². The third-order valence-electron chi connectivity index (χ3n) is 4.95. The SMILES string of the molecule is CCNC1CCCC1CCN1CCCC(COC)C1. The van der Waals surface area contributed by atoms with Gasteiger partial charge < -0.3 is 15.0 Å². The Morgan fingerprint density at radius 2 is 2.11 bits per heavy atom. The van der Waals surface area contributed by atoms with Crippen LogP contribution in [0.25, 0.3) is 0 Å². The van der Waals surface area contributed by atoms with Gasteiger partial charge >= 0.3 is 0 Å². The summed E-state index contributed by atoms with van der Waals surface area (Å²) < 4.78 is 5.32. The van der Waals surface area contributed by atoms with E-state index in [1.54, 1.807) is 0 Å². The Bertz CT molecular complexity index is 245. The van der Waals surface area contributed by atoms with Gasteiger partial charge in [0.1, 0.15) is 0 Å². The van der Waals surface area contributed by atoms with Gasteiger partial charge in [-0.1, -0.05) is 13.3 Å². The minimum Gasteiger partial charge on any atom is -0.384 e. The van der Waals surface area contributed by atoms with Gasteiger partial charge in [0, 0.05) is 19.7 Å². The molecule has 1 heterocycles. The normalized spacial score (nSPS) is 32.8. The largest absolute Gasteiger partial charge is 0.384 e. The number of hydrogen-bond donors (Lipinski definition) is 1. The molecule has 2 fully saturated rings. The van der Waals surface area contributed by atoms with E-state index < -0.39 is 0 Å². The first-order valence-electron chi connectivity index (χ1n) is 8.28. The number of likely N-dealkylation sites (tertiary alicyclic amines) is 1. The van der Waals surface area contributed by atoms with E-state index in [1.807, 2.05) is 7.11 Å². The maximum atomic E-state index is 5.32. The topological polar surface area (TPSA) is 24.5 Å². The zero-order valence-electron chi connectivity index (χ0n) is 12.9. The third kappa shape index (κ3) is 4.73. The first-order chi connectivity index (χ1) is 9.33. The van der Waals surface area contributed by atoms with Gasteiger partial charge in [0.15, 0.2) is 0 Å². The van der Waals surface area contributed by atoms with Gasteiger partial charge in [0.2, 0.25) is 0 Å². The van der Waals surface area contributed by atoms with Crippen molar-refractivity contribution in [3.05, 3.63) is 0 Å². The molecule has 0 amide bonds. The Hall–Kier alpha value is -0.120. The highest BCUT2D eigenvalue weighted by atomic mass is 16.5. The number of ether oxygens (including phenoxy) is 1. The number of piperidine rings is 1. The molecule has 0 radical (unpaired) electrons. The summed E-state index contributed by atoms with van der Waals surface area (Å²) in [5, 5.41) is 3.67. The first kappa shape index (κ1) is 15.3. The summed E-state index contributed by atoms with van der Waals surface area (Å²) >= 11 is 0. The van der Waals surface area contributed by atoms with E-state index in [1.165, 1.54) is 58.2 Å². The van der Waals surface area contributed by atoms with E-state index >= 15 is 0 Å². The van der Waals surface area contributed by atoms with Crippen LogP contribution in [0, 0.1) is 11.8 Å². The van der Waals surface area contributed by atoms with Crippen molar-refractivity contribution >= 4 is 0 Å². The van der Waals surface area contributed by atoms with Crippen LogP contribution in [-0.4, -0.2) is 50.8 Å². The lowest BCUT2D eigenvalue weighted by atomic mass is 9.96. The third-order valence-corrected chi connectivity index (χ3v) is 4.95. The average molecular weight is 268 g/mol. The summed E-state index contributed by atoms with van der Waals surface area (Å²) in [5.41, 5.74) is 0. The molecule has 1 saturated carbocycles. The lowest BCUT2D eigenvalue weighted by Gasteiger charge is -2.33. The first-order valence-corrected chi connectivity index (χ1v) is 8.28. The summed E-state index contributed by atoms with van der Waals surface area (Å²) in [5.74, 6) is 1.69. The van der Waals surface area contributed by atoms with Crippen LogP contribution in [0.1, 0.15) is 45.4 Å². The van der Waals surface area contributed by atoms with Crippen molar-refractivity contribution in [3.8, 4) is 0 Å². The minimum absolute atomic E-state index is 0.770. The molecule has 0 aromatic rings. The van der Waals surface area contributed by atoms with Crippen LogP contribution >= 0.6 is 0 Å². The Labute approximate surface area is 119 Å². The van der Waals surface area contributed by atoms with E-state index in [9.17, 15) is 0 Å². The molecule has 2 aliphatic rings. The van der Waals surface area contributed by atoms with Crippen LogP contribution < -0.4 is 5.32 Å². The summed E-state index contributed by atoms with van der Waals surface area (Å²) in [7, 11) is 1.83. The second kappa shape index (κ2) is 8.23. The molecule has 1 aliphatic carbocycles. The molecule has 0 aromatic heterocycles. The summed E-state index contributed by atoms with van der Waals surface area (Å²) in [4.78, 5) is 2.68. The maximum Gasteiger partial charge on any atom is 0.0502 e. The van der Waals surface area contributed by atoms with Gasteiger partial charge in [-0.15, -0.1) is 0 Å². The zero-order valence-corrected chi connectivity index (χ0v) is 12.9. The highest BCUT2D eigenvalue weighted by Crippen LogP contribution is 2.29. The van der Waals surface area contributed by atoms with Crippen LogP contribution in [-0.2, 0) is 4.74 Å². The Morgan fingerprint density at radius 3 is 2.89 bits per heavy atom. The number of rotatable bonds is 7. The monoisotopic (exact) mass is 268 g/mol. The molecule has 0 aromatic carbocycles. The van der Waals surface area contributed by atoms with Crippen molar-refractivity contribution < 1.29 is 4.74 Å². The average Bonchev–Trinajstić information content (AvgIpc) is 2.85. The molecule has 1 N–H and O–H groups in total. The van der Waals surface area contributed by atoms with E-state index in [4.69, 9.17) is 4.74 Å². The van der Waals surface area contributed by atoms with Crippen molar-refractivity contribution in [2.24, 2.45) is 11.8 Å². The molecule has 0 bridgehead atoms. The van der Waals surface area contributed by atoms with Gasteiger partial charge in [-0.2, -0.15) is 0 Å². The Balaban J connectivity index is 1.69. The molecule has 3 heteroatoms. The van der Waals surface area contributed by atoms with Crippen molar-refractivity contribution in [2.75, 3.05) is 39.9 Å². The summed E-state index contributed by atoms with van der Waals surface area (Å²) in [6, 6.07) is 0.796. The molecular formula is C16H32N2O. The van der Waals surface area contributed by atoms with Crippen molar-refractivity contribution in [2.45, 2.75) is 51.5 Å². The van der Waals surface area contributed by atoms with Crippen LogP contribution in [0.15, 0.2) is 0 Å². The molecule has 112 valence electrons. The molecule has 3 unspecified atom stereocenters. The molecule has 19 heavy (non-hydrogen) atoms. The highest BCUT2D eigenvalue weighted by molar-refractivity contribution is 4.84. The molecule has 1 aliphatic heterocycles. The number of nitrogens with zero attached hydrogens (tertiary/aromatic N) is 1.